The minimum absolute atomic E-state index is 0.155. The molecule has 2 unspecified atom stereocenters. The van der Waals surface area contributed by atoms with E-state index in [0.29, 0.717) is 13.0 Å². The largest absolute Gasteiger partial charge is 0.481 e. The van der Waals surface area contributed by atoms with Crippen LogP contribution < -0.4 is 5.32 Å². The van der Waals surface area contributed by atoms with Crippen molar-refractivity contribution in [3.8, 4) is 0 Å². The molecule has 0 radical (unpaired) electrons. The van der Waals surface area contributed by atoms with Crippen LogP contribution in [0.3, 0.4) is 0 Å². The zero-order valence-electron chi connectivity index (χ0n) is 9.64. The first-order chi connectivity index (χ1) is 8.08. The Morgan fingerprint density at radius 1 is 1.29 bits per heavy atom. The van der Waals surface area contributed by atoms with Gasteiger partial charge in [-0.3, -0.25) is 9.59 Å². The molecule has 1 saturated carbocycles. The summed E-state index contributed by atoms with van der Waals surface area (Å²) in [4.78, 5) is 22.2. The van der Waals surface area contributed by atoms with Crippen molar-refractivity contribution in [2.45, 2.75) is 19.9 Å². The molecular formula is C13H15NO3. The molecule has 4 nitrogen and oxygen atoms in total. The number of amides is 1. The van der Waals surface area contributed by atoms with Gasteiger partial charge in [0.05, 0.1) is 11.8 Å². The van der Waals surface area contributed by atoms with Crippen molar-refractivity contribution in [2.75, 3.05) is 0 Å². The minimum Gasteiger partial charge on any atom is -0.481 e. The zero-order chi connectivity index (χ0) is 12.4. The Bertz CT molecular complexity index is 438. The number of carbonyl (C=O) groups excluding carboxylic acids is 1. The first-order valence-electron chi connectivity index (χ1n) is 5.64. The molecular weight excluding hydrogens is 218 g/mol. The van der Waals surface area contributed by atoms with E-state index in [1.807, 2.05) is 31.2 Å². The van der Waals surface area contributed by atoms with Gasteiger partial charge in [0.1, 0.15) is 0 Å². The van der Waals surface area contributed by atoms with Gasteiger partial charge >= 0.3 is 5.97 Å². The summed E-state index contributed by atoms with van der Waals surface area (Å²) in [5.74, 6) is -1.84. The molecule has 0 spiro atoms. The normalized spacial score (nSPS) is 21.9. The first kappa shape index (κ1) is 11.6. The Hall–Kier alpha value is -1.84. The molecule has 0 bridgehead atoms. The van der Waals surface area contributed by atoms with Crippen molar-refractivity contribution < 1.29 is 14.7 Å². The molecule has 2 rings (SSSR count). The molecule has 1 aliphatic carbocycles. The summed E-state index contributed by atoms with van der Waals surface area (Å²) < 4.78 is 0. The second-order valence-corrected chi connectivity index (χ2v) is 4.49. The van der Waals surface area contributed by atoms with Gasteiger partial charge in [0.15, 0.2) is 0 Å². The molecule has 90 valence electrons. The number of rotatable bonds is 4. The Morgan fingerprint density at radius 2 is 1.94 bits per heavy atom. The molecule has 0 saturated heterocycles. The molecule has 0 aromatic heterocycles. The van der Waals surface area contributed by atoms with Crippen LogP contribution in [-0.2, 0) is 16.1 Å². The van der Waals surface area contributed by atoms with Gasteiger partial charge in [-0.25, -0.2) is 0 Å². The van der Waals surface area contributed by atoms with Gasteiger partial charge in [-0.15, -0.1) is 0 Å². The van der Waals surface area contributed by atoms with Crippen molar-refractivity contribution >= 4 is 11.9 Å². The lowest BCUT2D eigenvalue weighted by Crippen LogP contribution is -2.25. The third-order valence-electron chi connectivity index (χ3n) is 3.03. The lowest BCUT2D eigenvalue weighted by atomic mass is 10.1. The van der Waals surface area contributed by atoms with E-state index >= 15 is 0 Å². The van der Waals surface area contributed by atoms with Crippen molar-refractivity contribution in [1.82, 2.24) is 5.32 Å². The average molecular weight is 233 g/mol. The molecule has 1 aromatic rings. The quantitative estimate of drug-likeness (QED) is 0.824. The maximum atomic E-state index is 11.6. The van der Waals surface area contributed by atoms with Crippen LogP contribution in [-0.4, -0.2) is 17.0 Å². The van der Waals surface area contributed by atoms with Crippen LogP contribution in [0.4, 0.5) is 0 Å². The van der Waals surface area contributed by atoms with Gasteiger partial charge < -0.3 is 10.4 Å². The molecule has 17 heavy (non-hydrogen) atoms. The number of carbonyl (C=O) groups is 2. The highest BCUT2D eigenvalue weighted by atomic mass is 16.4. The molecule has 1 amide bonds. The smallest absolute Gasteiger partial charge is 0.307 e. The van der Waals surface area contributed by atoms with Gasteiger partial charge in [-0.05, 0) is 18.9 Å². The summed E-state index contributed by atoms with van der Waals surface area (Å²) in [5, 5.41) is 11.5. The standard InChI is InChI=1S/C13H15NO3/c1-8-2-4-9(5-3-8)7-14-12(15)10-6-11(10)13(16)17/h2-5,10-11H,6-7H2,1H3,(H,14,15)(H,16,17). The van der Waals surface area contributed by atoms with Gasteiger partial charge in [0, 0.05) is 6.54 Å². The van der Waals surface area contributed by atoms with Crippen molar-refractivity contribution in [3.63, 3.8) is 0 Å². The lowest BCUT2D eigenvalue weighted by Gasteiger charge is -2.04. The fourth-order valence-electron chi connectivity index (χ4n) is 1.78. The maximum absolute atomic E-state index is 11.6. The molecule has 2 N–H and O–H groups in total. The third kappa shape index (κ3) is 2.84. The Labute approximate surface area is 99.6 Å². The fraction of sp³-hybridized carbons (Fsp3) is 0.385. The van der Waals surface area contributed by atoms with Crippen LogP contribution in [0, 0.1) is 18.8 Å². The summed E-state index contributed by atoms with van der Waals surface area (Å²) in [6.45, 7) is 2.46. The van der Waals surface area contributed by atoms with Crippen LogP contribution in [0.2, 0.25) is 0 Å². The molecule has 0 heterocycles. The Morgan fingerprint density at radius 3 is 2.47 bits per heavy atom. The molecule has 1 fully saturated rings. The topological polar surface area (TPSA) is 66.4 Å². The summed E-state index contributed by atoms with van der Waals surface area (Å²) in [6, 6.07) is 7.88. The van der Waals surface area contributed by atoms with E-state index in [-0.39, 0.29) is 11.8 Å². The first-order valence-corrected chi connectivity index (χ1v) is 5.64. The summed E-state index contributed by atoms with van der Waals surface area (Å²) in [6.07, 6.45) is 0.467. The number of aryl methyl sites for hydroxylation is 1. The van der Waals surface area contributed by atoms with Gasteiger partial charge in [0.25, 0.3) is 0 Å². The highest BCUT2D eigenvalue weighted by molar-refractivity contribution is 5.89. The van der Waals surface area contributed by atoms with Crippen molar-refractivity contribution in [1.29, 1.82) is 0 Å². The van der Waals surface area contributed by atoms with Crippen LogP contribution in [0.5, 0.6) is 0 Å². The van der Waals surface area contributed by atoms with E-state index in [1.165, 1.54) is 5.56 Å². The molecule has 1 aliphatic rings. The number of carboxylic acid groups (broad SMARTS) is 1. The van der Waals surface area contributed by atoms with Crippen LogP contribution in [0.1, 0.15) is 17.5 Å². The third-order valence-corrected chi connectivity index (χ3v) is 3.03. The molecule has 4 heteroatoms. The van der Waals surface area contributed by atoms with Crippen molar-refractivity contribution in [3.05, 3.63) is 35.4 Å². The molecule has 0 aliphatic heterocycles. The molecule has 2 atom stereocenters. The van der Waals surface area contributed by atoms with E-state index in [9.17, 15) is 9.59 Å². The number of nitrogens with one attached hydrogen (secondary N) is 1. The Balaban J connectivity index is 1.81. The van der Waals surface area contributed by atoms with E-state index in [1.54, 1.807) is 0 Å². The summed E-state index contributed by atoms with van der Waals surface area (Å²) >= 11 is 0. The van der Waals surface area contributed by atoms with Gasteiger partial charge in [-0.2, -0.15) is 0 Å². The van der Waals surface area contributed by atoms with Gasteiger partial charge in [0.2, 0.25) is 5.91 Å². The van der Waals surface area contributed by atoms with Crippen LogP contribution in [0.15, 0.2) is 24.3 Å². The predicted molar refractivity (Wildman–Crippen MR) is 62.3 cm³/mol. The number of carboxylic acids is 1. The van der Waals surface area contributed by atoms with Crippen LogP contribution in [0.25, 0.3) is 0 Å². The van der Waals surface area contributed by atoms with Crippen molar-refractivity contribution in [2.24, 2.45) is 11.8 Å². The van der Waals surface area contributed by atoms with Crippen LogP contribution >= 0.6 is 0 Å². The zero-order valence-corrected chi connectivity index (χ0v) is 9.64. The van der Waals surface area contributed by atoms with E-state index in [0.717, 1.165) is 5.56 Å². The summed E-state index contributed by atoms with van der Waals surface area (Å²) in [7, 11) is 0. The number of benzene rings is 1. The van der Waals surface area contributed by atoms with Gasteiger partial charge in [-0.1, -0.05) is 29.8 Å². The highest BCUT2D eigenvalue weighted by Crippen LogP contribution is 2.38. The van der Waals surface area contributed by atoms with E-state index in [2.05, 4.69) is 5.32 Å². The number of hydrogen-bond donors (Lipinski definition) is 2. The predicted octanol–water partition coefficient (Wildman–Crippen LogP) is 1.33. The maximum Gasteiger partial charge on any atom is 0.307 e. The molecule has 1 aromatic carbocycles. The lowest BCUT2D eigenvalue weighted by molar-refractivity contribution is -0.140. The monoisotopic (exact) mass is 233 g/mol. The van der Waals surface area contributed by atoms with E-state index in [4.69, 9.17) is 5.11 Å². The second-order valence-electron chi connectivity index (χ2n) is 4.49. The SMILES string of the molecule is Cc1ccc(CNC(=O)C2CC2C(=O)O)cc1. The fourth-order valence-corrected chi connectivity index (χ4v) is 1.78. The number of hydrogen-bond acceptors (Lipinski definition) is 2. The summed E-state index contributed by atoms with van der Waals surface area (Å²) in [5.41, 5.74) is 2.20. The average Bonchev–Trinajstić information content (AvgIpc) is 3.08. The number of aliphatic carboxylic acids is 1. The van der Waals surface area contributed by atoms with E-state index < -0.39 is 11.9 Å². The second kappa shape index (κ2) is 4.57. The Kier molecular flexibility index (Phi) is 3.13. The minimum atomic E-state index is -0.875. The highest BCUT2D eigenvalue weighted by Gasteiger charge is 2.48.